The Morgan fingerprint density at radius 3 is 2.56 bits per heavy atom. The van der Waals surface area contributed by atoms with Crippen LogP contribution in [0.15, 0.2) is 18.2 Å². The molecule has 0 aliphatic carbocycles. The van der Waals surface area contributed by atoms with Crippen LogP contribution >= 0.6 is 0 Å². The molecule has 3 N–H and O–H groups in total. The third-order valence-corrected chi connectivity index (χ3v) is 2.67. The molecule has 1 unspecified atom stereocenters. The maximum atomic E-state index is 5.57. The summed E-state index contributed by atoms with van der Waals surface area (Å²) in [6.07, 6.45) is 0.961. The first-order valence-corrected chi connectivity index (χ1v) is 5.43. The predicted molar refractivity (Wildman–Crippen MR) is 66.1 cm³/mol. The lowest BCUT2D eigenvalue weighted by Crippen LogP contribution is -2.38. The SMILES string of the molecule is CCc1ccc(OC)c(C(NN)N(C)C)c1. The fraction of sp³-hybridized carbons (Fsp3) is 0.500. The zero-order chi connectivity index (χ0) is 12.1. The van der Waals surface area contributed by atoms with E-state index in [0.29, 0.717) is 0 Å². The third-order valence-electron chi connectivity index (χ3n) is 2.67. The number of hydrogen-bond acceptors (Lipinski definition) is 4. The number of methoxy groups -OCH3 is 1. The molecule has 0 radical (unpaired) electrons. The van der Waals surface area contributed by atoms with Crippen molar-refractivity contribution >= 4 is 0 Å². The lowest BCUT2D eigenvalue weighted by Gasteiger charge is -2.25. The van der Waals surface area contributed by atoms with Gasteiger partial charge in [-0.1, -0.05) is 13.0 Å². The van der Waals surface area contributed by atoms with Crippen LogP contribution in [0.1, 0.15) is 24.2 Å². The number of hydrogen-bond donors (Lipinski definition) is 2. The minimum Gasteiger partial charge on any atom is -0.496 e. The number of nitrogens with one attached hydrogen (secondary N) is 1. The largest absolute Gasteiger partial charge is 0.496 e. The van der Waals surface area contributed by atoms with E-state index in [9.17, 15) is 0 Å². The Kier molecular flexibility index (Phi) is 4.73. The number of nitrogens with zero attached hydrogens (tertiary/aromatic N) is 1. The molecule has 0 bridgehead atoms. The van der Waals surface area contributed by atoms with E-state index in [1.165, 1.54) is 5.56 Å². The van der Waals surface area contributed by atoms with E-state index in [2.05, 4.69) is 24.5 Å². The Morgan fingerprint density at radius 2 is 2.12 bits per heavy atom. The summed E-state index contributed by atoms with van der Waals surface area (Å²) in [6.45, 7) is 2.13. The van der Waals surface area contributed by atoms with Gasteiger partial charge in [0.25, 0.3) is 0 Å². The maximum absolute atomic E-state index is 5.57. The Labute approximate surface area is 97.4 Å². The van der Waals surface area contributed by atoms with Gasteiger partial charge >= 0.3 is 0 Å². The normalized spacial score (nSPS) is 12.9. The van der Waals surface area contributed by atoms with Gasteiger partial charge in [0.05, 0.1) is 7.11 Å². The predicted octanol–water partition coefficient (Wildman–Crippen LogP) is 1.28. The standard InChI is InChI=1S/C12H21N3O/c1-5-9-6-7-11(16-4)10(8-9)12(14-13)15(2)3/h6-8,12,14H,5,13H2,1-4H3. The molecule has 0 saturated carbocycles. The van der Waals surface area contributed by atoms with Crippen molar-refractivity contribution in [3.05, 3.63) is 29.3 Å². The van der Waals surface area contributed by atoms with Crippen LogP contribution in [0, 0.1) is 0 Å². The number of aryl methyl sites for hydroxylation is 1. The minimum atomic E-state index is -0.0403. The monoisotopic (exact) mass is 223 g/mol. The van der Waals surface area contributed by atoms with Gasteiger partial charge in [0.2, 0.25) is 0 Å². The molecule has 4 heteroatoms. The van der Waals surface area contributed by atoms with Crippen LogP contribution in [-0.4, -0.2) is 26.1 Å². The lowest BCUT2D eigenvalue weighted by atomic mass is 10.1. The molecule has 1 atom stereocenters. The van der Waals surface area contributed by atoms with E-state index < -0.39 is 0 Å². The third kappa shape index (κ3) is 2.72. The zero-order valence-electron chi connectivity index (χ0n) is 10.4. The number of ether oxygens (including phenoxy) is 1. The molecular weight excluding hydrogens is 202 g/mol. The fourth-order valence-electron chi connectivity index (χ4n) is 1.73. The van der Waals surface area contributed by atoms with Gasteiger partial charge in [-0.15, -0.1) is 0 Å². The van der Waals surface area contributed by atoms with Crippen molar-refractivity contribution in [2.45, 2.75) is 19.5 Å². The van der Waals surface area contributed by atoms with Gasteiger partial charge in [0.1, 0.15) is 11.9 Å². The summed E-state index contributed by atoms with van der Waals surface area (Å²) >= 11 is 0. The first kappa shape index (κ1) is 13.0. The Bertz CT molecular complexity index is 339. The van der Waals surface area contributed by atoms with Crippen molar-refractivity contribution in [1.82, 2.24) is 10.3 Å². The number of nitrogens with two attached hydrogens (primary N) is 1. The Hall–Kier alpha value is -1.10. The molecule has 90 valence electrons. The van der Waals surface area contributed by atoms with Gasteiger partial charge in [-0.3, -0.25) is 10.7 Å². The Morgan fingerprint density at radius 1 is 1.44 bits per heavy atom. The summed E-state index contributed by atoms with van der Waals surface area (Å²) in [5.74, 6) is 6.43. The van der Waals surface area contributed by atoms with Crippen LogP contribution < -0.4 is 16.0 Å². The van der Waals surface area contributed by atoms with Crippen LogP contribution in [0.3, 0.4) is 0 Å². The van der Waals surface area contributed by atoms with E-state index in [4.69, 9.17) is 10.6 Å². The fourth-order valence-corrected chi connectivity index (χ4v) is 1.73. The first-order chi connectivity index (χ1) is 7.63. The summed E-state index contributed by atoms with van der Waals surface area (Å²) in [4.78, 5) is 2.01. The van der Waals surface area contributed by atoms with Crippen LogP contribution in [-0.2, 0) is 6.42 Å². The summed E-state index contributed by atoms with van der Waals surface area (Å²) in [6, 6.07) is 6.19. The number of rotatable bonds is 5. The molecule has 1 aromatic rings. The van der Waals surface area contributed by atoms with Crippen molar-refractivity contribution < 1.29 is 4.74 Å². The van der Waals surface area contributed by atoms with Gasteiger partial charge < -0.3 is 4.74 Å². The van der Waals surface area contributed by atoms with E-state index >= 15 is 0 Å². The molecule has 0 saturated heterocycles. The van der Waals surface area contributed by atoms with Gasteiger partial charge in [-0.25, -0.2) is 5.43 Å². The van der Waals surface area contributed by atoms with Gasteiger partial charge in [0, 0.05) is 5.56 Å². The summed E-state index contributed by atoms with van der Waals surface area (Å²) < 4.78 is 5.36. The molecule has 0 amide bonds. The molecule has 1 aromatic carbocycles. The molecular formula is C12H21N3O. The van der Waals surface area contributed by atoms with Crippen molar-refractivity contribution in [2.75, 3.05) is 21.2 Å². The molecule has 0 fully saturated rings. The van der Waals surface area contributed by atoms with Crippen molar-refractivity contribution in [3.63, 3.8) is 0 Å². The molecule has 0 heterocycles. The van der Waals surface area contributed by atoms with Crippen LogP contribution in [0.2, 0.25) is 0 Å². The highest BCUT2D eigenvalue weighted by molar-refractivity contribution is 5.39. The highest BCUT2D eigenvalue weighted by atomic mass is 16.5. The molecule has 0 aliphatic heterocycles. The maximum Gasteiger partial charge on any atom is 0.125 e. The molecule has 4 nitrogen and oxygen atoms in total. The van der Waals surface area contributed by atoms with Gasteiger partial charge in [0.15, 0.2) is 0 Å². The lowest BCUT2D eigenvalue weighted by molar-refractivity contribution is 0.245. The highest BCUT2D eigenvalue weighted by Gasteiger charge is 2.16. The van der Waals surface area contributed by atoms with Crippen molar-refractivity contribution in [3.8, 4) is 5.75 Å². The summed E-state index contributed by atoms with van der Waals surface area (Å²) in [5, 5.41) is 0. The van der Waals surface area contributed by atoms with Gasteiger partial charge in [-0.05, 0) is 38.2 Å². The van der Waals surface area contributed by atoms with Crippen LogP contribution in [0.4, 0.5) is 0 Å². The second-order valence-electron chi connectivity index (χ2n) is 3.96. The van der Waals surface area contributed by atoms with Gasteiger partial charge in [-0.2, -0.15) is 0 Å². The van der Waals surface area contributed by atoms with Crippen LogP contribution in [0.25, 0.3) is 0 Å². The highest BCUT2D eigenvalue weighted by Crippen LogP contribution is 2.27. The molecule has 16 heavy (non-hydrogen) atoms. The molecule has 0 aromatic heterocycles. The number of benzene rings is 1. The van der Waals surface area contributed by atoms with E-state index in [1.54, 1.807) is 7.11 Å². The zero-order valence-corrected chi connectivity index (χ0v) is 10.4. The second-order valence-corrected chi connectivity index (χ2v) is 3.96. The number of hydrazine groups is 1. The van der Waals surface area contributed by atoms with E-state index in [-0.39, 0.29) is 6.17 Å². The summed E-state index contributed by atoms with van der Waals surface area (Å²) in [7, 11) is 5.62. The van der Waals surface area contributed by atoms with E-state index in [0.717, 1.165) is 17.7 Å². The molecule has 1 rings (SSSR count). The molecule has 0 aliphatic rings. The smallest absolute Gasteiger partial charge is 0.125 e. The second kappa shape index (κ2) is 5.84. The topological polar surface area (TPSA) is 50.5 Å². The molecule has 0 spiro atoms. The quantitative estimate of drug-likeness (QED) is 0.448. The average molecular weight is 223 g/mol. The first-order valence-electron chi connectivity index (χ1n) is 5.43. The minimum absolute atomic E-state index is 0.0403. The summed E-state index contributed by atoms with van der Waals surface area (Å²) in [5.41, 5.74) is 5.13. The van der Waals surface area contributed by atoms with Crippen molar-refractivity contribution in [1.29, 1.82) is 0 Å². The van der Waals surface area contributed by atoms with Crippen molar-refractivity contribution in [2.24, 2.45) is 5.84 Å². The Balaban J connectivity index is 3.15. The average Bonchev–Trinajstić information content (AvgIpc) is 2.29. The van der Waals surface area contributed by atoms with E-state index in [1.807, 2.05) is 25.1 Å². The van der Waals surface area contributed by atoms with Crippen LogP contribution in [0.5, 0.6) is 5.75 Å².